The summed E-state index contributed by atoms with van der Waals surface area (Å²) in [6, 6.07) is 4.26. The lowest BCUT2D eigenvalue weighted by Gasteiger charge is -2.15. The third-order valence-electron chi connectivity index (χ3n) is 3.09. The van der Waals surface area contributed by atoms with Gasteiger partial charge < -0.3 is 10.1 Å². The minimum atomic E-state index is -3.98. The van der Waals surface area contributed by atoms with E-state index in [9.17, 15) is 13.2 Å². The maximum Gasteiger partial charge on any atom is 0.265 e. The Hall–Kier alpha value is -1.27. The van der Waals surface area contributed by atoms with Gasteiger partial charge in [0.15, 0.2) is 0 Å². The summed E-state index contributed by atoms with van der Waals surface area (Å²) in [5.74, 6) is -0.181. The molecule has 1 amide bonds. The molecule has 0 atom stereocenters. The van der Waals surface area contributed by atoms with E-state index in [1.807, 2.05) is 13.8 Å². The molecular formula is C14H20ClNO4S. The molecule has 0 heterocycles. The second-order valence-corrected chi connectivity index (χ2v) is 7.05. The van der Waals surface area contributed by atoms with Crippen LogP contribution in [0.1, 0.15) is 44.0 Å². The Morgan fingerprint density at radius 3 is 2.38 bits per heavy atom. The van der Waals surface area contributed by atoms with Crippen LogP contribution in [0.2, 0.25) is 0 Å². The number of rotatable bonds is 7. The van der Waals surface area contributed by atoms with Gasteiger partial charge in [0.25, 0.3) is 15.0 Å². The van der Waals surface area contributed by atoms with E-state index < -0.39 is 9.05 Å². The molecule has 0 spiro atoms. The lowest BCUT2D eigenvalue weighted by Crippen LogP contribution is -2.33. The SMILES string of the molecule is CCOc1ccc(C(=O)NC(CC)CC)cc1S(=O)(=O)Cl. The lowest BCUT2D eigenvalue weighted by molar-refractivity contribution is 0.0934. The first-order valence-corrected chi connectivity index (χ1v) is 9.16. The highest BCUT2D eigenvalue weighted by atomic mass is 35.7. The molecule has 1 aromatic rings. The fourth-order valence-corrected chi connectivity index (χ4v) is 2.87. The Morgan fingerprint density at radius 1 is 1.29 bits per heavy atom. The minimum Gasteiger partial charge on any atom is -0.492 e. The topological polar surface area (TPSA) is 72.5 Å². The van der Waals surface area contributed by atoms with Crippen LogP contribution in [0.3, 0.4) is 0 Å². The van der Waals surface area contributed by atoms with Gasteiger partial charge in [-0.2, -0.15) is 0 Å². The predicted octanol–water partition coefficient (Wildman–Crippen LogP) is 2.93. The molecule has 0 saturated carbocycles. The Labute approximate surface area is 130 Å². The summed E-state index contributed by atoms with van der Waals surface area (Å²) < 4.78 is 28.4. The van der Waals surface area contributed by atoms with Crippen molar-refractivity contribution in [2.75, 3.05) is 6.61 Å². The predicted molar refractivity (Wildman–Crippen MR) is 82.5 cm³/mol. The van der Waals surface area contributed by atoms with Crippen LogP contribution in [0.4, 0.5) is 0 Å². The van der Waals surface area contributed by atoms with E-state index in [1.54, 1.807) is 6.92 Å². The van der Waals surface area contributed by atoms with E-state index in [1.165, 1.54) is 18.2 Å². The van der Waals surface area contributed by atoms with Crippen LogP contribution in [-0.2, 0) is 9.05 Å². The van der Waals surface area contributed by atoms with Crippen molar-refractivity contribution >= 4 is 25.6 Å². The van der Waals surface area contributed by atoms with Crippen LogP contribution >= 0.6 is 10.7 Å². The molecule has 7 heteroatoms. The highest BCUT2D eigenvalue weighted by Gasteiger charge is 2.20. The molecule has 0 bridgehead atoms. The summed E-state index contributed by atoms with van der Waals surface area (Å²) in [6.45, 7) is 5.99. The molecule has 5 nitrogen and oxygen atoms in total. The first-order chi connectivity index (χ1) is 9.83. The molecule has 0 aromatic heterocycles. The second-order valence-electron chi connectivity index (χ2n) is 4.52. The van der Waals surface area contributed by atoms with Crippen molar-refractivity contribution in [3.63, 3.8) is 0 Å². The zero-order valence-electron chi connectivity index (χ0n) is 12.3. The molecule has 0 unspecified atom stereocenters. The maximum absolute atomic E-state index is 12.1. The molecule has 1 N–H and O–H groups in total. The number of hydrogen-bond donors (Lipinski definition) is 1. The van der Waals surface area contributed by atoms with Crippen LogP contribution in [0.15, 0.2) is 23.1 Å². The summed E-state index contributed by atoms with van der Waals surface area (Å²) in [4.78, 5) is 11.9. The molecule has 0 aliphatic carbocycles. The molecule has 0 saturated heterocycles. The number of nitrogens with one attached hydrogen (secondary N) is 1. The van der Waals surface area contributed by atoms with Crippen LogP contribution in [0.25, 0.3) is 0 Å². The molecular weight excluding hydrogens is 314 g/mol. The molecule has 1 aromatic carbocycles. The van der Waals surface area contributed by atoms with Crippen molar-refractivity contribution in [2.45, 2.75) is 44.6 Å². The van der Waals surface area contributed by atoms with Gasteiger partial charge in [0.2, 0.25) is 0 Å². The minimum absolute atomic E-state index is 0.0557. The average Bonchev–Trinajstić information content (AvgIpc) is 2.44. The number of halogens is 1. The lowest BCUT2D eigenvalue weighted by atomic mass is 10.1. The number of ether oxygens (including phenoxy) is 1. The number of hydrogen-bond acceptors (Lipinski definition) is 4. The van der Waals surface area contributed by atoms with Gasteiger partial charge in [0.05, 0.1) is 6.61 Å². The first kappa shape index (κ1) is 17.8. The number of carbonyl (C=O) groups is 1. The van der Waals surface area contributed by atoms with Crippen molar-refractivity contribution < 1.29 is 17.9 Å². The van der Waals surface area contributed by atoms with Gasteiger partial charge in [-0.3, -0.25) is 4.79 Å². The summed E-state index contributed by atoms with van der Waals surface area (Å²) in [5.41, 5.74) is 0.240. The van der Waals surface area contributed by atoms with E-state index in [-0.39, 0.29) is 28.2 Å². The maximum atomic E-state index is 12.1. The standard InChI is InChI=1S/C14H20ClNO4S/c1-4-11(5-2)16-14(17)10-7-8-12(20-6-3)13(9-10)21(15,18)19/h7-9,11H,4-6H2,1-3H3,(H,16,17). The normalized spacial score (nSPS) is 11.5. The fraction of sp³-hybridized carbons (Fsp3) is 0.500. The third kappa shape index (κ3) is 4.89. The van der Waals surface area contributed by atoms with Gasteiger partial charge in [-0.05, 0) is 38.0 Å². The van der Waals surface area contributed by atoms with E-state index in [0.29, 0.717) is 6.61 Å². The Bertz CT molecular complexity index is 597. The van der Waals surface area contributed by atoms with Gasteiger partial charge in [0.1, 0.15) is 10.6 Å². The Kier molecular flexibility index (Phi) is 6.48. The van der Waals surface area contributed by atoms with Crippen molar-refractivity contribution in [1.29, 1.82) is 0 Å². The van der Waals surface area contributed by atoms with Gasteiger partial charge in [-0.1, -0.05) is 13.8 Å². The molecule has 1 rings (SSSR count). The molecule has 0 aliphatic rings. The first-order valence-electron chi connectivity index (χ1n) is 6.85. The number of benzene rings is 1. The van der Waals surface area contributed by atoms with Crippen LogP contribution in [-0.4, -0.2) is 27.0 Å². The van der Waals surface area contributed by atoms with Crippen LogP contribution in [0.5, 0.6) is 5.75 Å². The average molecular weight is 334 g/mol. The fourth-order valence-electron chi connectivity index (χ4n) is 1.88. The van der Waals surface area contributed by atoms with Crippen molar-refractivity contribution in [3.05, 3.63) is 23.8 Å². The van der Waals surface area contributed by atoms with Gasteiger partial charge >= 0.3 is 0 Å². The van der Waals surface area contributed by atoms with Crippen molar-refractivity contribution in [2.24, 2.45) is 0 Å². The molecule has 118 valence electrons. The number of amides is 1. The molecule has 0 fully saturated rings. The third-order valence-corrected chi connectivity index (χ3v) is 4.43. The molecule has 21 heavy (non-hydrogen) atoms. The largest absolute Gasteiger partial charge is 0.492 e. The van der Waals surface area contributed by atoms with Gasteiger partial charge in [-0.15, -0.1) is 0 Å². The second kappa shape index (κ2) is 7.66. The van der Waals surface area contributed by atoms with Crippen molar-refractivity contribution in [3.8, 4) is 5.75 Å². The van der Waals surface area contributed by atoms with E-state index in [4.69, 9.17) is 15.4 Å². The summed E-state index contributed by atoms with van der Waals surface area (Å²) in [5, 5.41) is 2.85. The highest BCUT2D eigenvalue weighted by molar-refractivity contribution is 8.13. The zero-order chi connectivity index (χ0) is 16.0. The van der Waals surface area contributed by atoms with E-state index >= 15 is 0 Å². The van der Waals surface area contributed by atoms with Crippen LogP contribution in [0, 0.1) is 0 Å². The van der Waals surface area contributed by atoms with Crippen LogP contribution < -0.4 is 10.1 Å². The smallest absolute Gasteiger partial charge is 0.265 e. The Morgan fingerprint density at radius 2 is 1.90 bits per heavy atom. The monoisotopic (exact) mass is 333 g/mol. The summed E-state index contributed by atoms with van der Waals surface area (Å²) >= 11 is 0. The summed E-state index contributed by atoms with van der Waals surface area (Å²) in [6.07, 6.45) is 1.61. The molecule has 0 radical (unpaired) electrons. The van der Waals surface area contributed by atoms with E-state index in [0.717, 1.165) is 12.8 Å². The van der Waals surface area contributed by atoms with Gasteiger partial charge in [0, 0.05) is 22.3 Å². The quantitative estimate of drug-likeness (QED) is 0.779. The van der Waals surface area contributed by atoms with Gasteiger partial charge in [-0.25, -0.2) is 8.42 Å². The summed E-state index contributed by atoms with van der Waals surface area (Å²) in [7, 11) is 1.41. The zero-order valence-corrected chi connectivity index (χ0v) is 13.9. The number of carbonyl (C=O) groups excluding carboxylic acids is 1. The van der Waals surface area contributed by atoms with E-state index in [2.05, 4.69) is 5.32 Å². The Balaban J connectivity index is 3.13. The van der Waals surface area contributed by atoms with Crippen molar-refractivity contribution in [1.82, 2.24) is 5.32 Å². The molecule has 0 aliphatic heterocycles. The highest BCUT2D eigenvalue weighted by Crippen LogP contribution is 2.28.